The summed E-state index contributed by atoms with van der Waals surface area (Å²) in [4.78, 5) is 11.6. The number of phenols is 1. The minimum Gasteiger partial charge on any atom is -0.508 e. The van der Waals surface area contributed by atoms with E-state index >= 15 is 0 Å². The van der Waals surface area contributed by atoms with Crippen molar-refractivity contribution in [3.8, 4) is 11.5 Å². The number of amides is 1. The molecule has 0 saturated carbocycles. The maximum absolute atomic E-state index is 11.6. The van der Waals surface area contributed by atoms with Crippen LogP contribution in [0.25, 0.3) is 0 Å². The van der Waals surface area contributed by atoms with Crippen LogP contribution < -0.4 is 10.1 Å². The van der Waals surface area contributed by atoms with E-state index in [-0.39, 0.29) is 24.3 Å². The van der Waals surface area contributed by atoms with Crippen LogP contribution in [-0.4, -0.2) is 23.7 Å². The van der Waals surface area contributed by atoms with Gasteiger partial charge in [-0.25, -0.2) is 0 Å². The average molecular weight is 251 g/mol. The van der Waals surface area contributed by atoms with Gasteiger partial charge in [-0.1, -0.05) is 13.3 Å². The third-order valence-corrected chi connectivity index (χ3v) is 2.53. The summed E-state index contributed by atoms with van der Waals surface area (Å²) in [5, 5.41) is 12.2. The number of carbonyl (C=O) groups is 1. The fourth-order valence-electron chi connectivity index (χ4n) is 1.78. The minimum absolute atomic E-state index is 0.0308. The fourth-order valence-corrected chi connectivity index (χ4v) is 1.78. The number of phenolic OH excluding ortho intramolecular Hbond substituents is 1. The second kappa shape index (κ2) is 6.89. The lowest BCUT2D eigenvalue weighted by Gasteiger charge is -2.13. The number of benzene rings is 1. The second-order valence-electron chi connectivity index (χ2n) is 4.55. The zero-order chi connectivity index (χ0) is 13.5. The predicted molar refractivity (Wildman–Crippen MR) is 70.9 cm³/mol. The molecule has 18 heavy (non-hydrogen) atoms. The van der Waals surface area contributed by atoms with Crippen molar-refractivity contribution in [3.63, 3.8) is 0 Å². The summed E-state index contributed by atoms with van der Waals surface area (Å²) in [5.74, 6) is 0.507. The number of hydrogen-bond acceptors (Lipinski definition) is 3. The van der Waals surface area contributed by atoms with Crippen molar-refractivity contribution in [1.82, 2.24) is 5.32 Å². The molecule has 1 amide bonds. The van der Waals surface area contributed by atoms with Crippen molar-refractivity contribution >= 4 is 5.91 Å². The first-order valence-corrected chi connectivity index (χ1v) is 6.24. The number of hydrogen-bond donors (Lipinski definition) is 2. The van der Waals surface area contributed by atoms with Crippen molar-refractivity contribution in [2.75, 3.05) is 6.61 Å². The highest BCUT2D eigenvalue weighted by molar-refractivity contribution is 5.77. The lowest BCUT2D eigenvalue weighted by Crippen LogP contribution is -2.35. The zero-order valence-corrected chi connectivity index (χ0v) is 11.2. The molecule has 0 bridgehead atoms. The van der Waals surface area contributed by atoms with Gasteiger partial charge >= 0.3 is 0 Å². The van der Waals surface area contributed by atoms with Crippen LogP contribution in [-0.2, 0) is 4.79 Å². The normalized spacial score (nSPS) is 11.9. The molecule has 0 fully saturated rings. The van der Waals surface area contributed by atoms with Gasteiger partial charge in [0.05, 0.1) is 0 Å². The Hall–Kier alpha value is -1.71. The second-order valence-corrected chi connectivity index (χ2v) is 4.55. The zero-order valence-electron chi connectivity index (χ0n) is 11.2. The largest absolute Gasteiger partial charge is 0.508 e. The summed E-state index contributed by atoms with van der Waals surface area (Å²) in [6, 6.07) is 5.08. The van der Waals surface area contributed by atoms with E-state index in [1.165, 1.54) is 6.07 Å². The van der Waals surface area contributed by atoms with Crippen molar-refractivity contribution < 1.29 is 14.6 Å². The molecular formula is C14H21NO3. The molecule has 1 unspecified atom stereocenters. The average Bonchev–Trinajstić information content (AvgIpc) is 2.25. The summed E-state index contributed by atoms with van der Waals surface area (Å²) in [6.45, 7) is 5.88. The molecule has 0 aliphatic carbocycles. The molecule has 0 spiro atoms. The molecule has 4 nitrogen and oxygen atoms in total. The fraction of sp³-hybridized carbons (Fsp3) is 0.500. The van der Waals surface area contributed by atoms with E-state index in [9.17, 15) is 9.90 Å². The van der Waals surface area contributed by atoms with Gasteiger partial charge in [0.1, 0.15) is 11.5 Å². The Balaban J connectivity index is 2.42. The molecule has 0 heterocycles. The third kappa shape index (κ3) is 5.08. The molecule has 4 heteroatoms. The predicted octanol–water partition coefficient (Wildman–Crippen LogP) is 2.38. The van der Waals surface area contributed by atoms with Crippen molar-refractivity contribution in [3.05, 3.63) is 23.8 Å². The van der Waals surface area contributed by atoms with Gasteiger partial charge in [0.25, 0.3) is 5.91 Å². The Morgan fingerprint density at radius 3 is 2.78 bits per heavy atom. The summed E-state index contributed by atoms with van der Waals surface area (Å²) in [6.07, 6.45) is 1.99. The molecule has 1 rings (SSSR count). The number of carbonyl (C=O) groups excluding carboxylic acids is 1. The van der Waals surface area contributed by atoms with Crippen LogP contribution >= 0.6 is 0 Å². The van der Waals surface area contributed by atoms with Crippen molar-refractivity contribution in [2.24, 2.45) is 0 Å². The van der Waals surface area contributed by atoms with Gasteiger partial charge in [-0.15, -0.1) is 0 Å². The van der Waals surface area contributed by atoms with Gasteiger partial charge in [0, 0.05) is 12.1 Å². The van der Waals surface area contributed by atoms with E-state index < -0.39 is 0 Å². The molecule has 1 aromatic rings. The van der Waals surface area contributed by atoms with Crippen molar-refractivity contribution in [2.45, 2.75) is 39.7 Å². The van der Waals surface area contributed by atoms with Crippen LogP contribution in [0, 0.1) is 6.92 Å². The highest BCUT2D eigenvalue weighted by Gasteiger charge is 2.07. The lowest BCUT2D eigenvalue weighted by molar-refractivity contribution is -0.123. The first-order valence-electron chi connectivity index (χ1n) is 6.24. The maximum Gasteiger partial charge on any atom is 0.258 e. The molecule has 0 radical (unpaired) electrons. The van der Waals surface area contributed by atoms with Gasteiger partial charge in [0.15, 0.2) is 6.61 Å². The summed E-state index contributed by atoms with van der Waals surface area (Å²) in [7, 11) is 0. The molecule has 0 saturated heterocycles. The van der Waals surface area contributed by atoms with Gasteiger partial charge < -0.3 is 15.2 Å². The number of rotatable bonds is 6. The molecular weight excluding hydrogens is 230 g/mol. The first-order chi connectivity index (χ1) is 8.51. The summed E-state index contributed by atoms with van der Waals surface area (Å²) in [5.41, 5.74) is 0.893. The van der Waals surface area contributed by atoms with Gasteiger partial charge in [-0.05, 0) is 38.0 Å². The van der Waals surface area contributed by atoms with E-state index in [1.54, 1.807) is 12.1 Å². The number of aromatic hydroxyl groups is 1. The van der Waals surface area contributed by atoms with Crippen molar-refractivity contribution in [1.29, 1.82) is 0 Å². The SMILES string of the molecule is CCCC(C)NC(=O)COc1cc(C)cc(O)c1. The number of ether oxygens (including phenoxy) is 1. The third-order valence-electron chi connectivity index (χ3n) is 2.53. The van der Waals surface area contributed by atoms with Gasteiger partial charge in [-0.3, -0.25) is 4.79 Å². The van der Waals surface area contributed by atoms with Crippen LogP contribution in [0.5, 0.6) is 11.5 Å². The lowest BCUT2D eigenvalue weighted by atomic mass is 10.2. The Morgan fingerprint density at radius 2 is 2.17 bits per heavy atom. The van der Waals surface area contributed by atoms with E-state index in [4.69, 9.17) is 4.74 Å². The van der Waals surface area contributed by atoms with Gasteiger partial charge in [-0.2, -0.15) is 0 Å². The molecule has 0 aliphatic rings. The summed E-state index contributed by atoms with van der Waals surface area (Å²) < 4.78 is 5.34. The van der Waals surface area contributed by atoms with Crippen LogP contribution in [0.1, 0.15) is 32.3 Å². The Bertz CT molecular complexity index is 384. The van der Waals surface area contributed by atoms with E-state index in [0.717, 1.165) is 18.4 Å². The van der Waals surface area contributed by atoms with Gasteiger partial charge in [0.2, 0.25) is 0 Å². The monoisotopic (exact) mass is 251 g/mol. The molecule has 100 valence electrons. The summed E-state index contributed by atoms with van der Waals surface area (Å²) >= 11 is 0. The first kappa shape index (κ1) is 14.4. The highest BCUT2D eigenvalue weighted by atomic mass is 16.5. The topological polar surface area (TPSA) is 58.6 Å². The molecule has 0 aliphatic heterocycles. The highest BCUT2D eigenvalue weighted by Crippen LogP contribution is 2.20. The number of nitrogens with one attached hydrogen (secondary N) is 1. The van der Waals surface area contributed by atoms with Crippen LogP contribution in [0.15, 0.2) is 18.2 Å². The van der Waals surface area contributed by atoms with E-state index in [1.807, 2.05) is 13.8 Å². The number of aryl methyl sites for hydroxylation is 1. The minimum atomic E-state index is -0.142. The molecule has 0 aromatic heterocycles. The Morgan fingerprint density at radius 1 is 1.44 bits per heavy atom. The maximum atomic E-state index is 11.6. The van der Waals surface area contributed by atoms with Crippen LogP contribution in [0.2, 0.25) is 0 Å². The standard InChI is InChI=1S/C14H21NO3/c1-4-5-11(3)15-14(17)9-18-13-7-10(2)6-12(16)8-13/h6-8,11,16H,4-5,9H2,1-3H3,(H,15,17). The molecule has 1 atom stereocenters. The van der Waals surface area contributed by atoms with Crippen LogP contribution in [0.4, 0.5) is 0 Å². The Kier molecular flexibility index (Phi) is 5.49. The smallest absolute Gasteiger partial charge is 0.258 e. The molecule has 1 aromatic carbocycles. The van der Waals surface area contributed by atoms with Crippen LogP contribution in [0.3, 0.4) is 0 Å². The molecule has 2 N–H and O–H groups in total. The van der Waals surface area contributed by atoms with E-state index in [0.29, 0.717) is 5.75 Å². The Labute approximate surface area is 108 Å². The quantitative estimate of drug-likeness (QED) is 0.816. The van der Waals surface area contributed by atoms with E-state index in [2.05, 4.69) is 12.2 Å².